The molecule has 2 N–H and O–H groups in total. The highest BCUT2D eigenvalue weighted by molar-refractivity contribution is 4.85. The van der Waals surface area contributed by atoms with Crippen molar-refractivity contribution in [2.75, 3.05) is 32.8 Å². The molecule has 0 bridgehead atoms. The first-order valence-corrected chi connectivity index (χ1v) is 4.42. The second kappa shape index (κ2) is 3.30. The Bertz CT molecular complexity index is 150. The monoisotopic (exact) mass is 173 g/mol. The normalized spacial score (nSPS) is 38.5. The van der Waals surface area contributed by atoms with Gasteiger partial charge in [-0.05, 0) is 0 Å². The van der Waals surface area contributed by atoms with Crippen LogP contribution in [0.5, 0.6) is 0 Å². The van der Waals surface area contributed by atoms with E-state index in [0.717, 1.165) is 19.8 Å². The van der Waals surface area contributed by atoms with Crippen LogP contribution in [0.3, 0.4) is 0 Å². The lowest BCUT2D eigenvalue weighted by molar-refractivity contribution is -0.0452. The van der Waals surface area contributed by atoms with Crippen molar-refractivity contribution in [2.45, 2.75) is 12.2 Å². The van der Waals surface area contributed by atoms with Crippen molar-refractivity contribution in [3.8, 4) is 0 Å². The van der Waals surface area contributed by atoms with Gasteiger partial charge in [0.15, 0.2) is 0 Å². The summed E-state index contributed by atoms with van der Waals surface area (Å²) in [4.78, 5) is 2.10. The highest BCUT2D eigenvalue weighted by Crippen LogP contribution is 2.16. The largest absolute Gasteiger partial charge is 0.389 e. The molecule has 0 spiro atoms. The number of aliphatic hydroxyl groups is 2. The Balaban J connectivity index is 1.75. The van der Waals surface area contributed by atoms with E-state index in [0.29, 0.717) is 19.0 Å². The zero-order chi connectivity index (χ0) is 8.55. The van der Waals surface area contributed by atoms with Crippen LogP contribution in [-0.2, 0) is 4.74 Å². The van der Waals surface area contributed by atoms with E-state index in [1.807, 2.05) is 0 Å². The van der Waals surface area contributed by atoms with Gasteiger partial charge in [-0.3, -0.25) is 4.90 Å². The van der Waals surface area contributed by atoms with E-state index in [1.54, 1.807) is 0 Å². The standard InChI is InChI=1S/C8H15NO3/c10-7-2-9(3-8(7)11)1-6-4-12-5-6/h6-8,10-11H,1-5H2. The van der Waals surface area contributed by atoms with Crippen molar-refractivity contribution in [3.63, 3.8) is 0 Å². The van der Waals surface area contributed by atoms with Gasteiger partial charge in [0.2, 0.25) is 0 Å². The molecule has 4 nitrogen and oxygen atoms in total. The zero-order valence-electron chi connectivity index (χ0n) is 7.02. The van der Waals surface area contributed by atoms with Crippen LogP contribution in [0.15, 0.2) is 0 Å². The van der Waals surface area contributed by atoms with E-state index in [-0.39, 0.29) is 0 Å². The molecule has 4 heteroatoms. The Morgan fingerprint density at radius 3 is 2.17 bits per heavy atom. The number of hydrogen-bond donors (Lipinski definition) is 2. The number of ether oxygens (including phenoxy) is 1. The molecule has 0 aromatic rings. The van der Waals surface area contributed by atoms with Crippen LogP contribution < -0.4 is 0 Å². The first-order chi connectivity index (χ1) is 5.75. The van der Waals surface area contributed by atoms with Gasteiger partial charge in [-0.25, -0.2) is 0 Å². The fourth-order valence-corrected chi connectivity index (χ4v) is 1.75. The number of likely N-dealkylation sites (tertiary alicyclic amines) is 1. The summed E-state index contributed by atoms with van der Waals surface area (Å²) in [5.74, 6) is 0.613. The van der Waals surface area contributed by atoms with Gasteiger partial charge < -0.3 is 14.9 Å². The van der Waals surface area contributed by atoms with E-state index in [9.17, 15) is 10.2 Å². The van der Waals surface area contributed by atoms with Crippen LogP contribution in [0.1, 0.15) is 0 Å². The Hall–Kier alpha value is -0.160. The molecule has 0 aromatic heterocycles. The molecule has 0 saturated carbocycles. The minimum absolute atomic E-state index is 0.550. The summed E-state index contributed by atoms with van der Waals surface area (Å²) in [6, 6.07) is 0. The van der Waals surface area contributed by atoms with Crippen molar-refractivity contribution >= 4 is 0 Å². The summed E-state index contributed by atoms with van der Waals surface area (Å²) >= 11 is 0. The lowest BCUT2D eigenvalue weighted by Gasteiger charge is -2.29. The number of aliphatic hydroxyl groups excluding tert-OH is 2. The Morgan fingerprint density at radius 2 is 1.75 bits per heavy atom. The van der Waals surface area contributed by atoms with Crippen LogP contribution in [0.4, 0.5) is 0 Å². The van der Waals surface area contributed by atoms with Gasteiger partial charge in [0.25, 0.3) is 0 Å². The maximum atomic E-state index is 9.25. The third-order valence-corrected chi connectivity index (χ3v) is 2.56. The van der Waals surface area contributed by atoms with Gasteiger partial charge >= 0.3 is 0 Å². The van der Waals surface area contributed by atoms with Crippen molar-refractivity contribution in [2.24, 2.45) is 5.92 Å². The van der Waals surface area contributed by atoms with E-state index in [1.165, 1.54) is 0 Å². The third kappa shape index (κ3) is 1.61. The molecule has 2 aliphatic rings. The SMILES string of the molecule is OC1CN(CC2COC2)CC1O. The molecule has 70 valence electrons. The van der Waals surface area contributed by atoms with E-state index >= 15 is 0 Å². The van der Waals surface area contributed by atoms with E-state index in [4.69, 9.17) is 4.74 Å². The zero-order valence-corrected chi connectivity index (χ0v) is 7.02. The van der Waals surface area contributed by atoms with Crippen molar-refractivity contribution in [1.29, 1.82) is 0 Å². The predicted octanol–water partition coefficient (Wildman–Crippen LogP) is -1.33. The predicted molar refractivity (Wildman–Crippen MR) is 42.8 cm³/mol. The lowest BCUT2D eigenvalue weighted by Crippen LogP contribution is -2.39. The molecule has 0 aliphatic carbocycles. The quantitative estimate of drug-likeness (QED) is 0.543. The van der Waals surface area contributed by atoms with E-state index < -0.39 is 12.2 Å². The summed E-state index contributed by atoms with van der Waals surface area (Å²) in [5.41, 5.74) is 0. The molecule has 2 saturated heterocycles. The van der Waals surface area contributed by atoms with Gasteiger partial charge in [-0.15, -0.1) is 0 Å². The van der Waals surface area contributed by atoms with Crippen LogP contribution in [0.2, 0.25) is 0 Å². The molecule has 2 unspecified atom stereocenters. The second-order valence-electron chi connectivity index (χ2n) is 3.76. The lowest BCUT2D eigenvalue weighted by atomic mass is 10.1. The molecule has 2 atom stereocenters. The first-order valence-electron chi connectivity index (χ1n) is 4.42. The van der Waals surface area contributed by atoms with Gasteiger partial charge in [0.05, 0.1) is 25.4 Å². The molecular formula is C8H15NO3. The maximum Gasteiger partial charge on any atom is 0.0938 e. The summed E-state index contributed by atoms with van der Waals surface area (Å²) in [5, 5.41) is 18.5. The molecule has 0 amide bonds. The molecule has 0 aromatic carbocycles. The molecule has 2 fully saturated rings. The number of nitrogens with zero attached hydrogens (tertiary/aromatic N) is 1. The van der Waals surface area contributed by atoms with Gasteiger partial charge in [-0.2, -0.15) is 0 Å². The summed E-state index contributed by atoms with van der Waals surface area (Å²) in [6.45, 7) is 3.84. The first kappa shape index (κ1) is 8.44. The second-order valence-corrected chi connectivity index (χ2v) is 3.76. The fraction of sp³-hybridized carbons (Fsp3) is 1.00. The summed E-state index contributed by atoms with van der Waals surface area (Å²) in [6.07, 6.45) is -1.10. The smallest absolute Gasteiger partial charge is 0.0938 e. The van der Waals surface area contributed by atoms with Gasteiger partial charge in [0, 0.05) is 25.6 Å². The average molecular weight is 173 g/mol. The maximum absolute atomic E-state index is 9.25. The Kier molecular flexibility index (Phi) is 2.32. The molecule has 12 heavy (non-hydrogen) atoms. The van der Waals surface area contributed by atoms with Gasteiger partial charge in [0.1, 0.15) is 0 Å². The Morgan fingerprint density at radius 1 is 1.17 bits per heavy atom. The van der Waals surface area contributed by atoms with Crippen molar-refractivity contribution < 1.29 is 14.9 Å². The van der Waals surface area contributed by atoms with Crippen LogP contribution in [-0.4, -0.2) is 60.2 Å². The minimum Gasteiger partial charge on any atom is -0.389 e. The third-order valence-electron chi connectivity index (χ3n) is 2.56. The van der Waals surface area contributed by atoms with Crippen LogP contribution in [0, 0.1) is 5.92 Å². The van der Waals surface area contributed by atoms with Crippen molar-refractivity contribution in [3.05, 3.63) is 0 Å². The van der Waals surface area contributed by atoms with Crippen LogP contribution in [0.25, 0.3) is 0 Å². The van der Waals surface area contributed by atoms with E-state index in [2.05, 4.69) is 4.90 Å². The average Bonchev–Trinajstić information content (AvgIpc) is 2.24. The number of rotatable bonds is 2. The minimum atomic E-state index is -0.550. The topological polar surface area (TPSA) is 52.9 Å². The summed E-state index contributed by atoms with van der Waals surface area (Å²) in [7, 11) is 0. The summed E-state index contributed by atoms with van der Waals surface area (Å²) < 4.78 is 5.05. The number of hydrogen-bond acceptors (Lipinski definition) is 4. The molecule has 0 radical (unpaired) electrons. The van der Waals surface area contributed by atoms with Crippen molar-refractivity contribution in [1.82, 2.24) is 4.90 Å². The highest BCUT2D eigenvalue weighted by Gasteiger charge is 2.32. The Labute approximate surface area is 71.7 Å². The molecule has 2 aliphatic heterocycles. The fourth-order valence-electron chi connectivity index (χ4n) is 1.75. The highest BCUT2D eigenvalue weighted by atomic mass is 16.5. The van der Waals surface area contributed by atoms with Crippen LogP contribution >= 0.6 is 0 Å². The van der Waals surface area contributed by atoms with Gasteiger partial charge in [-0.1, -0.05) is 0 Å². The molecule has 2 rings (SSSR count). The molecule has 2 heterocycles. The number of β-amino-alcohol motifs (C(OH)–C–C–N with tert-alkyl or cyclic N) is 2. The molecular weight excluding hydrogens is 158 g/mol.